The molecule has 0 aromatic rings. The van der Waals surface area contributed by atoms with E-state index in [-0.39, 0.29) is 0 Å². The van der Waals surface area contributed by atoms with Crippen LogP contribution in [0.2, 0.25) is 0 Å². The van der Waals surface area contributed by atoms with Crippen molar-refractivity contribution in [1.82, 2.24) is 0 Å². The summed E-state index contributed by atoms with van der Waals surface area (Å²) in [5.41, 5.74) is 0. The highest BCUT2D eigenvalue weighted by atomic mass is 14.8. The van der Waals surface area contributed by atoms with Crippen molar-refractivity contribution in [2.45, 2.75) is 31.7 Å². The normalized spacial score (nSPS) is 43.0. The number of rotatable bonds is 0. The molecule has 0 N–H and O–H groups in total. The minimum atomic E-state index is 0.745. The van der Waals surface area contributed by atoms with E-state index in [9.17, 15) is 0 Å². The summed E-state index contributed by atoms with van der Waals surface area (Å²) in [7, 11) is 0. The van der Waals surface area contributed by atoms with E-state index in [1.165, 1.54) is 25.7 Å². The topological polar surface area (TPSA) is 12.4 Å². The Morgan fingerprint density at radius 2 is 2.38 bits per heavy atom. The quantitative estimate of drug-likeness (QED) is 0.448. The molecule has 1 aliphatic carbocycles. The zero-order chi connectivity index (χ0) is 5.40. The van der Waals surface area contributed by atoms with Crippen molar-refractivity contribution >= 4 is 6.21 Å². The maximum atomic E-state index is 4.37. The number of hydrogen-bond acceptors (Lipinski definition) is 1. The monoisotopic (exact) mass is 109 g/mol. The van der Waals surface area contributed by atoms with Gasteiger partial charge in [0.25, 0.3) is 0 Å². The van der Waals surface area contributed by atoms with Crippen molar-refractivity contribution in [2.75, 3.05) is 0 Å². The average molecular weight is 109 g/mol. The highest BCUT2D eigenvalue weighted by molar-refractivity contribution is 5.60. The summed E-state index contributed by atoms with van der Waals surface area (Å²) in [5.74, 6) is 0.954. The molecule has 0 radical (unpaired) electrons. The zero-order valence-electron chi connectivity index (χ0n) is 5.01. The van der Waals surface area contributed by atoms with Gasteiger partial charge in [-0.1, -0.05) is 6.42 Å². The largest absolute Gasteiger partial charge is 0.294 e. The molecule has 1 heterocycles. The molecule has 0 bridgehead atoms. The minimum absolute atomic E-state index is 0.745. The van der Waals surface area contributed by atoms with Crippen LogP contribution in [0.25, 0.3) is 0 Å². The highest BCUT2D eigenvalue weighted by Crippen LogP contribution is 2.33. The summed E-state index contributed by atoms with van der Waals surface area (Å²) in [6, 6.07) is 0.745. The minimum Gasteiger partial charge on any atom is -0.294 e. The molecule has 8 heavy (non-hydrogen) atoms. The van der Waals surface area contributed by atoms with Gasteiger partial charge in [-0.05, 0) is 31.4 Å². The maximum Gasteiger partial charge on any atom is 0.0527 e. The third-order valence-corrected chi connectivity index (χ3v) is 2.32. The van der Waals surface area contributed by atoms with Crippen molar-refractivity contribution in [3.05, 3.63) is 0 Å². The van der Waals surface area contributed by atoms with Crippen LogP contribution in [-0.4, -0.2) is 12.3 Å². The Hall–Kier alpha value is -0.330. The van der Waals surface area contributed by atoms with Crippen LogP contribution in [0.15, 0.2) is 4.99 Å². The molecule has 0 spiro atoms. The fourth-order valence-corrected chi connectivity index (χ4v) is 1.82. The van der Waals surface area contributed by atoms with E-state index in [0.717, 1.165) is 12.0 Å². The Labute approximate surface area is 49.8 Å². The Kier molecular flexibility index (Phi) is 0.893. The molecule has 1 fully saturated rings. The molecule has 2 rings (SSSR count). The second-order valence-electron chi connectivity index (χ2n) is 2.83. The van der Waals surface area contributed by atoms with Crippen LogP contribution in [0.4, 0.5) is 0 Å². The Morgan fingerprint density at radius 1 is 1.38 bits per heavy atom. The molecule has 0 amide bonds. The molecule has 2 atom stereocenters. The first-order chi connectivity index (χ1) is 3.97. The molecule has 44 valence electrons. The summed E-state index contributed by atoms with van der Waals surface area (Å²) >= 11 is 0. The van der Waals surface area contributed by atoms with Gasteiger partial charge in [-0.2, -0.15) is 0 Å². The van der Waals surface area contributed by atoms with E-state index in [2.05, 4.69) is 11.2 Å². The zero-order valence-corrected chi connectivity index (χ0v) is 5.01. The van der Waals surface area contributed by atoms with E-state index in [0.29, 0.717) is 0 Å². The van der Waals surface area contributed by atoms with Crippen molar-refractivity contribution in [1.29, 1.82) is 0 Å². The first-order valence-corrected chi connectivity index (χ1v) is 3.48. The fourth-order valence-electron chi connectivity index (χ4n) is 1.82. The van der Waals surface area contributed by atoms with Gasteiger partial charge in [0.2, 0.25) is 0 Å². The van der Waals surface area contributed by atoms with Crippen LogP contribution in [-0.2, 0) is 0 Å². The third-order valence-electron chi connectivity index (χ3n) is 2.32. The first-order valence-electron chi connectivity index (χ1n) is 3.48. The fraction of sp³-hybridized carbons (Fsp3) is 0.857. The number of aliphatic imine (C=N–C) groups is 1. The van der Waals surface area contributed by atoms with E-state index in [4.69, 9.17) is 0 Å². The third kappa shape index (κ3) is 0.504. The van der Waals surface area contributed by atoms with Gasteiger partial charge >= 0.3 is 0 Å². The van der Waals surface area contributed by atoms with Gasteiger partial charge in [-0.25, -0.2) is 0 Å². The summed E-state index contributed by atoms with van der Waals surface area (Å²) < 4.78 is 0. The Morgan fingerprint density at radius 3 is 3.25 bits per heavy atom. The first kappa shape index (κ1) is 4.54. The van der Waals surface area contributed by atoms with Crippen LogP contribution in [0.5, 0.6) is 0 Å². The summed E-state index contributed by atoms with van der Waals surface area (Å²) in [5, 5.41) is 0. The van der Waals surface area contributed by atoms with Gasteiger partial charge in [0.15, 0.2) is 0 Å². The van der Waals surface area contributed by atoms with E-state index >= 15 is 0 Å². The van der Waals surface area contributed by atoms with Gasteiger partial charge in [0.05, 0.1) is 6.04 Å². The highest BCUT2D eigenvalue weighted by Gasteiger charge is 2.28. The Balaban J connectivity index is 2.13. The second-order valence-corrected chi connectivity index (χ2v) is 2.83. The summed E-state index contributed by atoms with van der Waals surface area (Å²) in [4.78, 5) is 4.37. The number of hydrogen-bond donors (Lipinski definition) is 0. The van der Waals surface area contributed by atoms with Gasteiger partial charge in [0.1, 0.15) is 0 Å². The lowest BCUT2D eigenvalue weighted by atomic mass is 10.0. The molecule has 1 aliphatic heterocycles. The summed E-state index contributed by atoms with van der Waals surface area (Å²) in [6.07, 6.45) is 7.59. The molecule has 0 aromatic carbocycles. The van der Waals surface area contributed by atoms with E-state index in [1.54, 1.807) is 0 Å². The van der Waals surface area contributed by atoms with Gasteiger partial charge in [0, 0.05) is 0 Å². The molecule has 2 aliphatic rings. The van der Waals surface area contributed by atoms with E-state index in [1.807, 2.05) is 0 Å². The molecule has 1 nitrogen and oxygen atoms in total. The predicted octanol–water partition coefficient (Wildman–Crippen LogP) is 1.63. The molecular formula is C7H11N. The van der Waals surface area contributed by atoms with Crippen molar-refractivity contribution in [3.8, 4) is 0 Å². The summed E-state index contributed by atoms with van der Waals surface area (Å²) in [6.45, 7) is 0. The lowest BCUT2D eigenvalue weighted by Crippen LogP contribution is -2.03. The molecule has 1 saturated carbocycles. The van der Waals surface area contributed by atoms with Crippen LogP contribution in [0.1, 0.15) is 25.7 Å². The lowest BCUT2D eigenvalue weighted by Gasteiger charge is -2.02. The SMILES string of the molecule is C1=NC2CCCC2C1. The predicted molar refractivity (Wildman–Crippen MR) is 34.2 cm³/mol. The maximum absolute atomic E-state index is 4.37. The van der Waals surface area contributed by atoms with Crippen molar-refractivity contribution < 1.29 is 0 Å². The van der Waals surface area contributed by atoms with Crippen LogP contribution >= 0.6 is 0 Å². The number of fused-ring (bicyclic) bond motifs is 1. The molecule has 1 heteroatoms. The second kappa shape index (κ2) is 1.57. The van der Waals surface area contributed by atoms with Crippen LogP contribution in [0.3, 0.4) is 0 Å². The molecular weight excluding hydrogens is 98.1 g/mol. The molecule has 0 saturated heterocycles. The van der Waals surface area contributed by atoms with E-state index < -0.39 is 0 Å². The molecule has 2 unspecified atom stereocenters. The Bertz CT molecular complexity index is 118. The van der Waals surface area contributed by atoms with Crippen LogP contribution in [0, 0.1) is 5.92 Å². The van der Waals surface area contributed by atoms with Gasteiger partial charge < -0.3 is 0 Å². The van der Waals surface area contributed by atoms with Gasteiger partial charge in [-0.15, -0.1) is 0 Å². The lowest BCUT2D eigenvalue weighted by molar-refractivity contribution is 0.536. The van der Waals surface area contributed by atoms with Crippen molar-refractivity contribution in [3.63, 3.8) is 0 Å². The smallest absolute Gasteiger partial charge is 0.0527 e. The number of nitrogens with zero attached hydrogens (tertiary/aromatic N) is 1. The van der Waals surface area contributed by atoms with Crippen LogP contribution < -0.4 is 0 Å². The standard InChI is InChI=1S/C7H11N/c1-2-6-4-5-8-7(6)3-1/h5-7H,1-4H2. The van der Waals surface area contributed by atoms with Gasteiger partial charge in [-0.3, -0.25) is 4.99 Å². The molecule has 0 aromatic heterocycles. The van der Waals surface area contributed by atoms with Crippen molar-refractivity contribution in [2.24, 2.45) is 10.9 Å². The average Bonchev–Trinajstić information content (AvgIpc) is 2.15.